The number of nitriles is 1. The smallest absolute Gasteiger partial charge is 0.226 e. The van der Waals surface area contributed by atoms with Gasteiger partial charge in [0.15, 0.2) is 0 Å². The van der Waals surface area contributed by atoms with E-state index in [1.165, 1.54) is 0 Å². The molecular weight excluding hydrogens is 262 g/mol. The van der Waals surface area contributed by atoms with Crippen LogP contribution in [0.4, 0.5) is 5.69 Å². The Balaban J connectivity index is 2.59. The lowest BCUT2D eigenvalue weighted by Crippen LogP contribution is -2.26. The van der Waals surface area contributed by atoms with E-state index in [2.05, 4.69) is 13.0 Å². The van der Waals surface area contributed by atoms with Gasteiger partial charge < -0.3 is 10.6 Å². The fourth-order valence-corrected chi connectivity index (χ4v) is 2.50. The molecule has 4 nitrogen and oxygen atoms in total. The van der Waals surface area contributed by atoms with Crippen molar-refractivity contribution in [3.8, 4) is 6.07 Å². The third kappa shape index (κ3) is 5.57. The van der Waals surface area contributed by atoms with Gasteiger partial charge in [0.25, 0.3) is 0 Å². The Bertz CT molecular complexity index is 487. The van der Waals surface area contributed by atoms with Crippen molar-refractivity contribution in [1.29, 1.82) is 5.26 Å². The molecule has 0 aliphatic rings. The number of hydrogen-bond donors (Lipinski definition) is 1. The second-order valence-electron chi connectivity index (χ2n) is 5.39. The molecule has 0 aromatic heterocycles. The Morgan fingerprint density at radius 1 is 1.38 bits per heavy atom. The normalized spacial score (nSPS) is 11.7. The summed E-state index contributed by atoms with van der Waals surface area (Å²) in [4.78, 5) is 13.9. The minimum atomic E-state index is 0.0863. The van der Waals surface area contributed by atoms with Crippen molar-refractivity contribution in [2.24, 2.45) is 11.7 Å². The second kappa shape index (κ2) is 9.15. The van der Waals surface area contributed by atoms with Gasteiger partial charge >= 0.3 is 0 Å². The van der Waals surface area contributed by atoms with E-state index in [-0.39, 0.29) is 5.91 Å². The van der Waals surface area contributed by atoms with Crippen LogP contribution in [0, 0.1) is 17.2 Å². The number of carbonyl (C=O) groups is 1. The van der Waals surface area contributed by atoms with E-state index in [4.69, 9.17) is 11.0 Å². The van der Waals surface area contributed by atoms with E-state index in [1.54, 1.807) is 30.1 Å². The van der Waals surface area contributed by atoms with Crippen LogP contribution in [-0.4, -0.2) is 19.5 Å². The van der Waals surface area contributed by atoms with E-state index in [0.29, 0.717) is 24.4 Å². The molecule has 0 radical (unpaired) electrons. The lowest BCUT2D eigenvalue weighted by atomic mass is 9.94. The van der Waals surface area contributed by atoms with Crippen LogP contribution in [0.25, 0.3) is 0 Å². The molecule has 0 saturated heterocycles. The summed E-state index contributed by atoms with van der Waals surface area (Å²) in [6.07, 6.45) is 4.63. The molecule has 1 amide bonds. The molecule has 0 spiro atoms. The number of benzene rings is 1. The van der Waals surface area contributed by atoms with E-state index in [0.717, 1.165) is 31.4 Å². The van der Waals surface area contributed by atoms with Crippen LogP contribution in [-0.2, 0) is 4.79 Å². The van der Waals surface area contributed by atoms with Crippen LogP contribution in [0.5, 0.6) is 0 Å². The molecule has 0 aliphatic heterocycles. The molecule has 1 atom stereocenters. The van der Waals surface area contributed by atoms with Gasteiger partial charge in [0.05, 0.1) is 11.6 Å². The van der Waals surface area contributed by atoms with Crippen LogP contribution in [0.2, 0.25) is 0 Å². The number of amides is 1. The van der Waals surface area contributed by atoms with Crippen molar-refractivity contribution in [3.05, 3.63) is 29.8 Å². The average Bonchev–Trinajstić information content (AvgIpc) is 2.52. The highest BCUT2D eigenvalue weighted by molar-refractivity contribution is 5.92. The molecule has 1 unspecified atom stereocenters. The topological polar surface area (TPSA) is 70.1 Å². The van der Waals surface area contributed by atoms with Crippen LogP contribution in [0.15, 0.2) is 24.3 Å². The molecule has 0 fully saturated rings. The number of nitrogens with two attached hydrogens (primary N) is 1. The fourth-order valence-electron chi connectivity index (χ4n) is 2.50. The van der Waals surface area contributed by atoms with E-state index in [9.17, 15) is 4.79 Å². The van der Waals surface area contributed by atoms with Crippen LogP contribution in [0.1, 0.15) is 44.6 Å². The Morgan fingerprint density at radius 2 is 2.14 bits per heavy atom. The lowest BCUT2D eigenvalue weighted by molar-refractivity contribution is -0.118. The monoisotopic (exact) mass is 287 g/mol. The molecule has 4 heteroatoms. The predicted molar refractivity (Wildman–Crippen MR) is 85.9 cm³/mol. The molecule has 0 heterocycles. The molecular formula is C17H25N3O. The molecule has 2 N–H and O–H groups in total. The summed E-state index contributed by atoms with van der Waals surface area (Å²) >= 11 is 0. The molecule has 1 aromatic carbocycles. The first kappa shape index (κ1) is 17.2. The van der Waals surface area contributed by atoms with Crippen molar-refractivity contribution in [3.63, 3.8) is 0 Å². The van der Waals surface area contributed by atoms with Crippen molar-refractivity contribution in [2.75, 3.05) is 18.5 Å². The SMILES string of the molecule is CCCC(CCN)CCC(=O)N(C)c1cccc(C#N)c1. The number of hydrogen-bond acceptors (Lipinski definition) is 3. The quantitative estimate of drug-likeness (QED) is 0.798. The minimum absolute atomic E-state index is 0.0863. The maximum atomic E-state index is 12.3. The highest BCUT2D eigenvalue weighted by Crippen LogP contribution is 2.20. The highest BCUT2D eigenvalue weighted by Gasteiger charge is 2.14. The van der Waals surface area contributed by atoms with Gasteiger partial charge in [0, 0.05) is 19.2 Å². The van der Waals surface area contributed by atoms with E-state index >= 15 is 0 Å². The zero-order valence-corrected chi connectivity index (χ0v) is 13.0. The van der Waals surface area contributed by atoms with E-state index < -0.39 is 0 Å². The highest BCUT2D eigenvalue weighted by atomic mass is 16.2. The van der Waals surface area contributed by atoms with Gasteiger partial charge in [-0.05, 0) is 43.5 Å². The van der Waals surface area contributed by atoms with Gasteiger partial charge in [-0.1, -0.05) is 25.8 Å². The Labute approximate surface area is 127 Å². The fraction of sp³-hybridized carbons (Fsp3) is 0.529. The maximum Gasteiger partial charge on any atom is 0.226 e. The van der Waals surface area contributed by atoms with Gasteiger partial charge in [-0.3, -0.25) is 4.79 Å². The lowest BCUT2D eigenvalue weighted by Gasteiger charge is -2.20. The van der Waals surface area contributed by atoms with E-state index in [1.807, 2.05) is 6.07 Å². The summed E-state index contributed by atoms with van der Waals surface area (Å²) in [6, 6.07) is 9.21. The summed E-state index contributed by atoms with van der Waals surface area (Å²) in [6.45, 7) is 2.84. The molecule has 21 heavy (non-hydrogen) atoms. The Morgan fingerprint density at radius 3 is 2.76 bits per heavy atom. The van der Waals surface area contributed by atoms with Crippen LogP contribution < -0.4 is 10.6 Å². The largest absolute Gasteiger partial charge is 0.330 e. The Kier molecular flexibility index (Phi) is 7.49. The molecule has 1 rings (SSSR count). The van der Waals surface area contributed by atoms with Gasteiger partial charge in [-0.25, -0.2) is 0 Å². The van der Waals surface area contributed by atoms with Gasteiger partial charge in [0.2, 0.25) is 5.91 Å². The number of nitrogens with zero attached hydrogens (tertiary/aromatic N) is 2. The summed E-state index contributed by atoms with van der Waals surface area (Å²) in [5.41, 5.74) is 6.96. The van der Waals surface area contributed by atoms with Crippen LogP contribution in [0.3, 0.4) is 0 Å². The molecule has 0 aliphatic carbocycles. The summed E-state index contributed by atoms with van der Waals surface area (Å²) in [5.74, 6) is 0.617. The molecule has 0 saturated carbocycles. The zero-order chi connectivity index (χ0) is 15.7. The second-order valence-corrected chi connectivity index (χ2v) is 5.39. The van der Waals surface area contributed by atoms with Gasteiger partial charge in [0.1, 0.15) is 0 Å². The number of anilines is 1. The molecule has 1 aromatic rings. The third-order valence-electron chi connectivity index (χ3n) is 3.77. The first-order valence-corrected chi connectivity index (χ1v) is 7.59. The summed E-state index contributed by atoms with van der Waals surface area (Å²) < 4.78 is 0. The van der Waals surface area contributed by atoms with Gasteiger partial charge in [-0.15, -0.1) is 0 Å². The standard InChI is InChI=1S/C17H25N3O/c1-3-5-14(10-11-18)8-9-17(21)20(2)16-7-4-6-15(12-16)13-19/h4,6-7,12,14H,3,5,8-11,18H2,1-2H3. The maximum absolute atomic E-state index is 12.3. The summed E-state index contributed by atoms with van der Waals surface area (Å²) in [5, 5.41) is 8.91. The zero-order valence-electron chi connectivity index (χ0n) is 13.0. The van der Waals surface area contributed by atoms with Gasteiger partial charge in [-0.2, -0.15) is 5.26 Å². The average molecular weight is 287 g/mol. The van der Waals surface area contributed by atoms with Crippen molar-refractivity contribution < 1.29 is 4.79 Å². The molecule has 0 bridgehead atoms. The first-order chi connectivity index (χ1) is 10.1. The number of carbonyl (C=O) groups excluding carboxylic acids is 1. The van der Waals surface area contributed by atoms with Crippen molar-refractivity contribution >= 4 is 11.6 Å². The van der Waals surface area contributed by atoms with Crippen LogP contribution >= 0.6 is 0 Å². The predicted octanol–water partition coefficient (Wildman–Crippen LogP) is 3.07. The van der Waals surface area contributed by atoms with Crippen molar-refractivity contribution in [1.82, 2.24) is 0 Å². The summed E-state index contributed by atoms with van der Waals surface area (Å²) in [7, 11) is 1.76. The van der Waals surface area contributed by atoms with Crippen molar-refractivity contribution in [2.45, 2.75) is 39.0 Å². The minimum Gasteiger partial charge on any atom is -0.330 e. The third-order valence-corrected chi connectivity index (χ3v) is 3.77. The molecule has 114 valence electrons. The first-order valence-electron chi connectivity index (χ1n) is 7.59. The number of rotatable bonds is 8. The Hall–Kier alpha value is -1.86.